The second-order valence-corrected chi connectivity index (χ2v) is 24.2. The van der Waals surface area contributed by atoms with Gasteiger partial charge >= 0.3 is 11.9 Å². The molecule has 7 saturated carbocycles. The maximum absolute atomic E-state index is 15.7. The largest absolute Gasteiger partial charge is 0.619 e. The number of carboxylic acid groups (broad SMARTS) is 1. The molecule has 0 unspecified atom stereocenters. The van der Waals surface area contributed by atoms with Crippen LogP contribution in [0.5, 0.6) is 0 Å². The van der Waals surface area contributed by atoms with Gasteiger partial charge in [-0.15, -0.1) is 0 Å². The van der Waals surface area contributed by atoms with E-state index in [1.165, 1.54) is 38.3 Å². The highest BCUT2D eigenvalue weighted by Gasteiger charge is 2.74. The Bertz CT molecular complexity index is 2120. The molecule has 8 fully saturated rings. The van der Waals surface area contributed by atoms with E-state index >= 15 is 4.79 Å². The van der Waals surface area contributed by atoms with Crippen LogP contribution in [-0.4, -0.2) is 50.5 Å². The van der Waals surface area contributed by atoms with Crippen LogP contribution >= 0.6 is 0 Å². The van der Waals surface area contributed by atoms with Crippen molar-refractivity contribution in [2.24, 2.45) is 79.3 Å². The van der Waals surface area contributed by atoms with Crippen LogP contribution in [0.2, 0.25) is 0 Å². The van der Waals surface area contributed by atoms with Gasteiger partial charge in [-0.2, -0.15) is 4.73 Å². The summed E-state index contributed by atoms with van der Waals surface area (Å²) in [6.07, 6.45) is 20.3. The van der Waals surface area contributed by atoms with Crippen molar-refractivity contribution in [3.8, 4) is 11.3 Å². The molecule has 0 radical (unpaired) electrons. The Balaban J connectivity index is 0.914. The summed E-state index contributed by atoms with van der Waals surface area (Å²) in [5.41, 5.74) is 1.23. The molecular weight excluding hydrogens is 765 g/mol. The Kier molecular flexibility index (Phi) is 9.23. The van der Waals surface area contributed by atoms with E-state index in [4.69, 9.17) is 9.72 Å². The molecule has 10 nitrogen and oxygen atoms in total. The summed E-state index contributed by atoms with van der Waals surface area (Å²) < 4.78 is 7.30. The van der Waals surface area contributed by atoms with Gasteiger partial charge in [0.15, 0.2) is 12.4 Å². The lowest BCUT2D eigenvalue weighted by molar-refractivity contribution is -0.604. The first-order valence-corrected chi connectivity index (χ1v) is 24.2. The minimum atomic E-state index is -0.818. The molecule has 2 N–H and O–H groups in total. The van der Waals surface area contributed by atoms with Crippen LogP contribution in [0.15, 0.2) is 30.7 Å². The third-order valence-corrected chi connectivity index (χ3v) is 21.4. The number of hydrogen-bond acceptors (Lipinski definition) is 6. The van der Waals surface area contributed by atoms with Crippen LogP contribution in [0.1, 0.15) is 164 Å². The molecule has 0 aromatic carbocycles. The van der Waals surface area contributed by atoms with Crippen molar-refractivity contribution < 1.29 is 29.0 Å². The van der Waals surface area contributed by atoms with Crippen LogP contribution in [0.3, 0.4) is 0 Å². The van der Waals surface area contributed by atoms with Gasteiger partial charge in [-0.25, -0.2) is 4.98 Å². The molecule has 61 heavy (non-hydrogen) atoms. The van der Waals surface area contributed by atoms with E-state index in [1.54, 1.807) is 12.3 Å². The van der Waals surface area contributed by atoms with Gasteiger partial charge in [-0.1, -0.05) is 55.4 Å². The number of hydrogen-bond donors (Lipinski definition) is 2. The fourth-order valence-corrected chi connectivity index (χ4v) is 17.3. The Hall–Kier alpha value is -3.43. The summed E-state index contributed by atoms with van der Waals surface area (Å²) in [5, 5.41) is 21.8. The van der Waals surface area contributed by atoms with Crippen LogP contribution in [0.4, 0.5) is 0 Å². The van der Waals surface area contributed by atoms with Gasteiger partial charge < -0.3 is 24.9 Å². The summed E-state index contributed by atoms with van der Waals surface area (Å²) in [6, 6.07) is 3.60. The highest BCUT2D eigenvalue weighted by molar-refractivity contribution is 5.85. The molecule has 8 aliphatic rings. The first-order chi connectivity index (χ1) is 28.7. The number of H-pyrrole nitrogens is 1. The Morgan fingerprint density at radius 2 is 1.61 bits per heavy atom. The van der Waals surface area contributed by atoms with E-state index in [9.17, 15) is 19.9 Å². The number of esters is 1. The summed E-state index contributed by atoms with van der Waals surface area (Å²) in [4.78, 5) is 51.9. The van der Waals surface area contributed by atoms with Crippen LogP contribution < -0.4 is 4.73 Å². The van der Waals surface area contributed by atoms with Crippen molar-refractivity contribution in [2.75, 3.05) is 6.54 Å². The molecule has 1 aliphatic heterocycles. The molecule has 2 aromatic rings. The molecule has 10 rings (SSSR count). The van der Waals surface area contributed by atoms with Crippen LogP contribution in [0.25, 0.3) is 11.3 Å². The average Bonchev–Trinajstić information content (AvgIpc) is 3.58. The van der Waals surface area contributed by atoms with E-state index in [2.05, 4.69) is 51.4 Å². The molecule has 10 heteroatoms. The van der Waals surface area contributed by atoms with Gasteiger partial charge in [-0.05, 0) is 159 Å². The highest BCUT2D eigenvalue weighted by atomic mass is 16.5. The third kappa shape index (κ3) is 5.72. The number of carboxylic acids is 1. The SMILES string of the molecule is CC1([C@@H]2CC[C@]3(C(=O)N4CCC[C@H]4c4ncc(-c5ccc[n+]([O-])c5)[nH]4)CC[C@]4(C)[C@H](CC[C@@H]5[C@@]6(C)CC[C@H](OC(=O)[C@H]7C[C@@H](C(=O)O)C7(C)C)C(C)(C)[C@@H]6CC[C@]54C)[C@@H]23)CC1. The minimum Gasteiger partial charge on any atom is -0.619 e. The monoisotopic (exact) mass is 837 g/mol. The molecule has 13 atom stereocenters. The number of likely N-dealkylation sites (tertiary alicyclic amines) is 1. The molecule has 2 aromatic heterocycles. The number of amides is 1. The molecule has 332 valence electrons. The Labute approximate surface area is 363 Å². The van der Waals surface area contributed by atoms with Crippen molar-refractivity contribution in [3.05, 3.63) is 41.8 Å². The number of aromatic amines is 1. The fraction of sp³-hybridized carbons (Fsp3) is 0.784. The molecule has 0 spiro atoms. The molecular formula is C51H72N4O6. The predicted molar refractivity (Wildman–Crippen MR) is 231 cm³/mol. The number of rotatable bonds is 7. The van der Waals surface area contributed by atoms with Gasteiger partial charge in [0.1, 0.15) is 11.9 Å². The molecule has 0 bridgehead atoms. The zero-order valence-corrected chi connectivity index (χ0v) is 38.2. The number of ether oxygens (including phenoxy) is 1. The third-order valence-electron chi connectivity index (χ3n) is 21.4. The second-order valence-electron chi connectivity index (χ2n) is 24.2. The first kappa shape index (κ1) is 41.6. The lowest BCUT2D eigenvalue weighted by Gasteiger charge is -2.73. The minimum absolute atomic E-state index is 0.0775. The number of fused-ring (bicyclic) bond motifs is 7. The van der Waals surface area contributed by atoms with Gasteiger partial charge in [-0.3, -0.25) is 14.4 Å². The first-order valence-electron chi connectivity index (χ1n) is 24.2. The number of aliphatic carboxylic acids is 1. The van der Waals surface area contributed by atoms with Crippen molar-refractivity contribution in [3.63, 3.8) is 0 Å². The highest BCUT2D eigenvalue weighted by Crippen LogP contribution is 2.79. The zero-order valence-electron chi connectivity index (χ0n) is 38.2. The Morgan fingerprint density at radius 1 is 0.836 bits per heavy atom. The topological polar surface area (TPSA) is 140 Å². The number of carbonyl (C=O) groups is 3. The second kappa shape index (κ2) is 13.5. The summed E-state index contributed by atoms with van der Waals surface area (Å²) in [5.74, 6) is 1.81. The maximum Gasteiger partial charge on any atom is 0.309 e. The van der Waals surface area contributed by atoms with Crippen LogP contribution in [0, 0.1) is 84.5 Å². The van der Waals surface area contributed by atoms with E-state index in [0.717, 1.165) is 86.1 Å². The van der Waals surface area contributed by atoms with Crippen molar-refractivity contribution in [1.82, 2.24) is 14.9 Å². The summed E-state index contributed by atoms with van der Waals surface area (Å²) in [6.45, 7) is 19.8. The quantitative estimate of drug-likeness (QED) is 0.161. The smallest absolute Gasteiger partial charge is 0.309 e. The number of nitrogens with one attached hydrogen (secondary N) is 1. The number of nitrogens with zero attached hydrogens (tertiary/aromatic N) is 3. The standard InChI is InChI=1S/C51H72N4O6/c1-45(2)33(42(56)57)27-34(45)43(58)61-39-17-18-48(6)37(46(39,3)4)16-19-50(8)38(48)14-13-32-40-31(47(5)21-22-47)15-20-51(40,24-23-49(32,50)7)44(59)55-26-10-12-36(55)41-52-28-35(53-41)30-11-9-25-54(60)29-30/h9,11,25,28-29,31-34,36-40H,10,12-24,26-27H2,1-8H3,(H,52,53)(H,56,57)/t31-,32-,33+,34-,36+,37+,38-,39+,40-,48+,49-,50-,51+/m1/s1. The summed E-state index contributed by atoms with van der Waals surface area (Å²) in [7, 11) is 0. The normalized spacial score (nSPS) is 43.8. The number of aromatic nitrogens is 3. The van der Waals surface area contributed by atoms with Crippen molar-refractivity contribution in [1.29, 1.82) is 0 Å². The van der Waals surface area contributed by atoms with E-state index < -0.39 is 17.3 Å². The molecule has 7 aliphatic carbocycles. The molecule has 1 saturated heterocycles. The lowest BCUT2D eigenvalue weighted by atomic mass is 9.32. The number of carbonyl (C=O) groups excluding carboxylic acids is 2. The van der Waals surface area contributed by atoms with Crippen molar-refractivity contribution >= 4 is 17.8 Å². The van der Waals surface area contributed by atoms with Gasteiger partial charge in [0.2, 0.25) is 5.91 Å². The van der Waals surface area contributed by atoms with Gasteiger partial charge in [0, 0.05) is 18.0 Å². The van der Waals surface area contributed by atoms with Crippen molar-refractivity contribution in [2.45, 2.75) is 164 Å². The molecule has 3 heterocycles. The van der Waals surface area contributed by atoms with E-state index in [-0.39, 0.29) is 51.1 Å². The van der Waals surface area contributed by atoms with Gasteiger partial charge in [0.05, 0.1) is 40.7 Å². The maximum atomic E-state index is 15.7. The number of pyridine rings is 1. The summed E-state index contributed by atoms with van der Waals surface area (Å²) >= 11 is 0. The zero-order chi connectivity index (χ0) is 43.3. The van der Waals surface area contributed by atoms with E-state index in [0.29, 0.717) is 47.3 Å². The average molecular weight is 837 g/mol. The number of imidazole rings is 1. The van der Waals surface area contributed by atoms with Gasteiger partial charge in [0.25, 0.3) is 0 Å². The predicted octanol–water partition coefficient (Wildman–Crippen LogP) is 9.91. The fourth-order valence-electron chi connectivity index (χ4n) is 17.3. The molecule has 1 amide bonds. The van der Waals surface area contributed by atoms with Crippen LogP contribution in [-0.2, 0) is 19.1 Å². The lowest BCUT2D eigenvalue weighted by Crippen LogP contribution is -2.67. The van der Waals surface area contributed by atoms with E-state index in [1.807, 2.05) is 26.1 Å². The Morgan fingerprint density at radius 3 is 2.31 bits per heavy atom.